The molecule has 0 aliphatic rings. The van der Waals surface area contributed by atoms with Crippen LogP contribution in [0.3, 0.4) is 0 Å². The summed E-state index contributed by atoms with van der Waals surface area (Å²) in [5.74, 6) is 1.20. The molecule has 3 aromatic carbocycles. The lowest BCUT2D eigenvalue weighted by Gasteiger charge is -2.14. The van der Waals surface area contributed by atoms with Crippen LogP contribution in [0.1, 0.15) is 11.1 Å². The molecule has 0 atom stereocenters. The summed E-state index contributed by atoms with van der Waals surface area (Å²) in [5, 5.41) is 13.2. The summed E-state index contributed by atoms with van der Waals surface area (Å²) in [7, 11) is 4.52. The highest BCUT2D eigenvalue weighted by molar-refractivity contribution is 6.32. The molecule has 0 radical (unpaired) electrons. The van der Waals surface area contributed by atoms with Crippen molar-refractivity contribution in [2.75, 3.05) is 33.3 Å². The summed E-state index contributed by atoms with van der Waals surface area (Å²) in [5.41, 5.74) is 2.21. The fraction of sp³-hybridized carbons (Fsp3) is 0.154. The van der Waals surface area contributed by atoms with Gasteiger partial charge in [-0.2, -0.15) is 5.26 Å². The third-order valence-corrected chi connectivity index (χ3v) is 5.39. The standard InChI is InChI=1S/C26H22Cl2N2O5/c1-32-22-9-4-17(13-23(22)33-2)18(14-29)10-16-11-21(28)26(24(12-16)34-3)35-15-25(31)30-20-7-5-19(27)6-8-20/h4-13H,15H2,1-3H3,(H,30,31)/b18-10+. The largest absolute Gasteiger partial charge is 0.493 e. The van der Waals surface area contributed by atoms with Crippen molar-refractivity contribution in [2.45, 2.75) is 0 Å². The van der Waals surface area contributed by atoms with Crippen LogP contribution in [-0.4, -0.2) is 33.8 Å². The van der Waals surface area contributed by atoms with E-state index in [1.165, 1.54) is 21.3 Å². The van der Waals surface area contributed by atoms with Gasteiger partial charge in [-0.25, -0.2) is 0 Å². The van der Waals surface area contributed by atoms with Gasteiger partial charge in [0.1, 0.15) is 0 Å². The molecule has 0 aliphatic carbocycles. The van der Waals surface area contributed by atoms with Gasteiger partial charge in [0.05, 0.1) is 38.0 Å². The number of anilines is 1. The fourth-order valence-corrected chi connectivity index (χ4v) is 3.58. The molecule has 3 rings (SSSR count). The fourth-order valence-electron chi connectivity index (χ4n) is 3.18. The molecule has 0 saturated carbocycles. The number of nitrogens with one attached hydrogen (secondary N) is 1. The minimum absolute atomic E-state index is 0.210. The Morgan fingerprint density at radius 2 is 1.63 bits per heavy atom. The molecule has 0 aliphatic heterocycles. The lowest BCUT2D eigenvalue weighted by Crippen LogP contribution is -2.20. The zero-order chi connectivity index (χ0) is 25.4. The highest BCUT2D eigenvalue weighted by Gasteiger charge is 2.15. The van der Waals surface area contributed by atoms with E-state index in [9.17, 15) is 10.1 Å². The first-order chi connectivity index (χ1) is 16.9. The smallest absolute Gasteiger partial charge is 0.262 e. The Morgan fingerprint density at radius 3 is 2.26 bits per heavy atom. The van der Waals surface area contributed by atoms with Gasteiger partial charge in [-0.3, -0.25) is 4.79 Å². The van der Waals surface area contributed by atoms with E-state index in [0.717, 1.165) is 0 Å². The Hall–Kier alpha value is -3.86. The minimum Gasteiger partial charge on any atom is -0.493 e. The van der Waals surface area contributed by atoms with Gasteiger partial charge in [0.2, 0.25) is 0 Å². The third-order valence-electron chi connectivity index (χ3n) is 4.85. The average molecular weight is 513 g/mol. The van der Waals surface area contributed by atoms with Crippen LogP contribution in [0.15, 0.2) is 54.6 Å². The van der Waals surface area contributed by atoms with Crippen LogP contribution < -0.4 is 24.3 Å². The second kappa shape index (κ2) is 12.0. The van der Waals surface area contributed by atoms with Gasteiger partial charge in [-0.1, -0.05) is 23.2 Å². The van der Waals surface area contributed by atoms with Crippen molar-refractivity contribution in [2.24, 2.45) is 0 Å². The van der Waals surface area contributed by atoms with Crippen molar-refractivity contribution in [1.29, 1.82) is 5.26 Å². The predicted octanol–water partition coefficient (Wildman–Crippen LogP) is 6.10. The number of nitriles is 1. The molecular formula is C26H22Cl2N2O5. The van der Waals surface area contributed by atoms with E-state index in [0.29, 0.717) is 44.7 Å². The van der Waals surface area contributed by atoms with E-state index < -0.39 is 0 Å². The maximum absolute atomic E-state index is 12.3. The number of ether oxygens (including phenoxy) is 4. The number of carbonyl (C=O) groups excluding carboxylic acids is 1. The van der Waals surface area contributed by atoms with E-state index in [-0.39, 0.29) is 23.3 Å². The van der Waals surface area contributed by atoms with Gasteiger partial charge in [0.15, 0.2) is 29.6 Å². The number of carbonyl (C=O) groups is 1. The number of hydrogen-bond donors (Lipinski definition) is 1. The molecule has 9 heteroatoms. The first-order valence-corrected chi connectivity index (χ1v) is 11.0. The van der Waals surface area contributed by atoms with E-state index >= 15 is 0 Å². The van der Waals surface area contributed by atoms with Gasteiger partial charge in [0.25, 0.3) is 5.91 Å². The topological polar surface area (TPSA) is 89.8 Å². The van der Waals surface area contributed by atoms with Crippen molar-refractivity contribution < 1.29 is 23.7 Å². The van der Waals surface area contributed by atoms with Crippen LogP contribution in [0, 0.1) is 11.3 Å². The Bertz CT molecular complexity index is 1280. The van der Waals surface area contributed by atoms with E-state index in [4.69, 9.17) is 42.1 Å². The molecule has 0 spiro atoms. The van der Waals surface area contributed by atoms with Gasteiger partial charge in [0, 0.05) is 10.7 Å². The maximum Gasteiger partial charge on any atom is 0.262 e. The lowest BCUT2D eigenvalue weighted by molar-refractivity contribution is -0.118. The van der Waals surface area contributed by atoms with Crippen LogP contribution in [0.4, 0.5) is 5.69 Å². The second-order valence-electron chi connectivity index (χ2n) is 7.12. The lowest BCUT2D eigenvalue weighted by atomic mass is 10.0. The van der Waals surface area contributed by atoms with Crippen LogP contribution in [0.25, 0.3) is 11.6 Å². The zero-order valence-electron chi connectivity index (χ0n) is 19.2. The van der Waals surface area contributed by atoms with Crippen molar-refractivity contribution in [3.05, 3.63) is 75.8 Å². The van der Waals surface area contributed by atoms with Gasteiger partial charge in [-0.05, 0) is 71.8 Å². The summed E-state index contributed by atoms with van der Waals surface area (Å²) in [6, 6.07) is 17.4. The molecule has 7 nitrogen and oxygen atoms in total. The molecule has 1 amide bonds. The van der Waals surface area contributed by atoms with Crippen LogP contribution in [0.2, 0.25) is 10.0 Å². The van der Waals surface area contributed by atoms with E-state index in [1.54, 1.807) is 60.7 Å². The number of nitrogens with zero attached hydrogens (tertiary/aromatic N) is 1. The summed E-state index contributed by atoms with van der Waals surface area (Å²) in [6.07, 6.45) is 1.66. The summed E-state index contributed by atoms with van der Waals surface area (Å²) < 4.78 is 21.6. The highest BCUT2D eigenvalue weighted by atomic mass is 35.5. The molecular weight excluding hydrogens is 491 g/mol. The molecule has 35 heavy (non-hydrogen) atoms. The number of methoxy groups -OCH3 is 3. The Kier molecular flexibility index (Phi) is 8.85. The summed E-state index contributed by atoms with van der Waals surface area (Å²) >= 11 is 12.3. The van der Waals surface area contributed by atoms with Crippen LogP contribution >= 0.6 is 23.2 Å². The third kappa shape index (κ3) is 6.60. The number of hydrogen-bond acceptors (Lipinski definition) is 6. The molecule has 180 valence electrons. The first-order valence-electron chi connectivity index (χ1n) is 10.3. The number of amides is 1. The molecule has 3 aromatic rings. The maximum atomic E-state index is 12.3. The van der Waals surface area contributed by atoms with Crippen molar-refractivity contribution in [3.8, 4) is 29.1 Å². The monoisotopic (exact) mass is 512 g/mol. The van der Waals surface area contributed by atoms with Crippen molar-refractivity contribution >= 4 is 46.4 Å². The van der Waals surface area contributed by atoms with Crippen LogP contribution in [0.5, 0.6) is 23.0 Å². The number of rotatable bonds is 9. The quantitative estimate of drug-likeness (QED) is 0.275. The first kappa shape index (κ1) is 25.8. The van der Waals surface area contributed by atoms with Crippen molar-refractivity contribution in [3.63, 3.8) is 0 Å². The molecule has 0 saturated heterocycles. The molecule has 0 fully saturated rings. The van der Waals surface area contributed by atoms with Crippen molar-refractivity contribution in [1.82, 2.24) is 0 Å². The zero-order valence-corrected chi connectivity index (χ0v) is 20.7. The SMILES string of the molecule is COc1ccc(/C(C#N)=C/c2cc(Cl)c(OCC(=O)Nc3ccc(Cl)cc3)c(OC)c2)cc1OC. The molecule has 0 aromatic heterocycles. The van der Waals surface area contributed by atoms with Gasteiger partial charge >= 0.3 is 0 Å². The van der Waals surface area contributed by atoms with Crippen LogP contribution in [-0.2, 0) is 4.79 Å². The molecule has 0 unspecified atom stereocenters. The number of benzene rings is 3. The van der Waals surface area contributed by atoms with E-state index in [1.807, 2.05) is 0 Å². The van der Waals surface area contributed by atoms with E-state index in [2.05, 4.69) is 11.4 Å². The second-order valence-corrected chi connectivity index (χ2v) is 7.96. The summed E-state index contributed by atoms with van der Waals surface area (Å²) in [4.78, 5) is 12.3. The Balaban J connectivity index is 1.81. The molecule has 1 N–H and O–H groups in total. The number of allylic oxidation sites excluding steroid dienone is 1. The molecule has 0 bridgehead atoms. The van der Waals surface area contributed by atoms with Gasteiger partial charge < -0.3 is 24.3 Å². The average Bonchev–Trinajstić information content (AvgIpc) is 2.87. The Labute approximate surface area is 213 Å². The molecule has 0 heterocycles. The van der Waals surface area contributed by atoms with Gasteiger partial charge in [-0.15, -0.1) is 0 Å². The Morgan fingerprint density at radius 1 is 0.943 bits per heavy atom. The highest BCUT2D eigenvalue weighted by Crippen LogP contribution is 2.38. The predicted molar refractivity (Wildman–Crippen MR) is 137 cm³/mol. The minimum atomic E-state index is -0.380. The number of halogens is 2. The normalized spacial score (nSPS) is 10.8. The summed E-state index contributed by atoms with van der Waals surface area (Å²) in [6.45, 7) is -0.289.